The molecule has 12 heavy (non-hydrogen) atoms. The molecule has 2 N–H and O–H groups in total. The summed E-state index contributed by atoms with van der Waals surface area (Å²) in [5.41, 5.74) is 6.37. The molecule has 66 valence electrons. The third kappa shape index (κ3) is 1.92. The van der Waals surface area contributed by atoms with Crippen LogP contribution >= 0.6 is 15.9 Å². The molecular weight excluding hydrogens is 220 g/mol. The second-order valence-corrected chi connectivity index (χ2v) is 3.34. The summed E-state index contributed by atoms with van der Waals surface area (Å²) >= 11 is 3.32. The standard InChI is InChI=1S/C7H11BrN4/c1-12(2)7-10-4-5(3-9)6(8)11-7/h4H,3,9H2,1-2H3. The number of aromatic nitrogens is 2. The van der Waals surface area contributed by atoms with Gasteiger partial charge in [0.25, 0.3) is 0 Å². The summed E-state index contributed by atoms with van der Waals surface area (Å²) in [7, 11) is 3.79. The van der Waals surface area contributed by atoms with E-state index in [1.807, 2.05) is 19.0 Å². The molecule has 1 rings (SSSR count). The third-order valence-corrected chi connectivity index (χ3v) is 2.11. The van der Waals surface area contributed by atoms with Gasteiger partial charge in [-0.25, -0.2) is 9.97 Å². The molecule has 5 heteroatoms. The summed E-state index contributed by atoms with van der Waals surface area (Å²) in [4.78, 5) is 10.1. The van der Waals surface area contributed by atoms with E-state index in [9.17, 15) is 0 Å². The van der Waals surface area contributed by atoms with Gasteiger partial charge in [0, 0.05) is 32.4 Å². The van der Waals surface area contributed by atoms with Crippen LogP contribution in [-0.4, -0.2) is 24.1 Å². The van der Waals surface area contributed by atoms with Gasteiger partial charge >= 0.3 is 0 Å². The van der Waals surface area contributed by atoms with Crippen LogP contribution in [-0.2, 0) is 6.54 Å². The zero-order valence-corrected chi connectivity index (χ0v) is 8.67. The predicted octanol–water partition coefficient (Wildman–Crippen LogP) is 0.764. The van der Waals surface area contributed by atoms with Crippen molar-refractivity contribution in [3.05, 3.63) is 16.4 Å². The first-order chi connectivity index (χ1) is 5.65. The number of rotatable bonds is 2. The third-order valence-electron chi connectivity index (χ3n) is 1.42. The molecule has 0 spiro atoms. The second kappa shape index (κ2) is 3.82. The summed E-state index contributed by atoms with van der Waals surface area (Å²) in [5.74, 6) is 0.680. The topological polar surface area (TPSA) is 55.0 Å². The number of hydrogen-bond donors (Lipinski definition) is 1. The number of halogens is 1. The van der Waals surface area contributed by atoms with Crippen LogP contribution in [0.1, 0.15) is 5.56 Å². The quantitative estimate of drug-likeness (QED) is 0.763. The molecule has 1 aromatic rings. The van der Waals surface area contributed by atoms with Crippen LogP contribution in [0.5, 0.6) is 0 Å². The van der Waals surface area contributed by atoms with Crippen molar-refractivity contribution in [1.82, 2.24) is 9.97 Å². The lowest BCUT2D eigenvalue weighted by molar-refractivity contribution is 0.940. The fourth-order valence-electron chi connectivity index (χ4n) is 0.730. The maximum absolute atomic E-state index is 5.45. The molecule has 0 aliphatic heterocycles. The molecule has 0 unspecified atom stereocenters. The molecule has 0 aromatic carbocycles. The Morgan fingerprint density at radius 2 is 2.25 bits per heavy atom. The van der Waals surface area contributed by atoms with Crippen molar-refractivity contribution < 1.29 is 0 Å². The van der Waals surface area contributed by atoms with Crippen molar-refractivity contribution in [1.29, 1.82) is 0 Å². The van der Waals surface area contributed by atoms with Crippen molar-refractivity contribution in [2.24, 2.45) is 5.73 Å². The van der Waals surface area contributed by atoms with Crippen LogP contribution in [0.3, 0.4) is 0 Å². The van der Waals surface area contributed by atoms with E-state index in [1.54, 1.807) is 6.20 Å². The first-order valence-corrected chi connectivity index (χ1v) is 4.33. The molecule has 0 bridgehead atoms. The molecule has 1 aromatic heterocycles. The summed E-state index contributed by atoms with van der Waals surface area (Å²) in [5, 5.41) is 0. The number of anilines is 1. The zero-order chi connectivity index (χ0) is 9.14. The summed E-state index contributed by atoms with van der Waals surface area (Å²) in [6.45, 7) is 0.453. The van der Waals surface area contributed by atoms with Crippen LogP contribution in [0.4, 0.5) is 5.95 Å². The zero-order valence-electron chi connectivity index (χ0n) is 7.08. The molecule has 0 fully saturated rings. The monoisotopic (exact) mass is 230 g/mol. The Hall–Kier alpha value is -0.680. The highest BCUT2D eigenvalue weighted by atomic mass is 79.9. The van der Waals surface area contributed by atoms with E-state index in [0.717, 1.165) is 10.2 Å². The van der Waals surface area contributed by atoms with Gasteiger partial charge in [0.2, 0.25) is 5.95 Å². The number of hydrogen-bond acceptors (Lipinski definition) is 4. The Morgan fingerprint density at radius 3 is 2.67 bits per heavy atom. The van der Waals surface area contributed by atoms with Crippen molar-refractivity contribution in [3.8, 4) is 0 Å². The van der Waals surface area contributed by atoms with Crippen LogP contribution in [0.2, 0.25) is 0 Å². The van der Waals surface area contributed by atoms with E-state index in [4.69, 9.17) is 5.73 Å². The minimum Gasteiger partial charge on any atom is -0.347 e. The lowest BCUT2D eigenvalue weighted by atomic mass is 10.3. The molecule has 0 aliphatic rings. The first-order valence-electron chi connectivity index (χ1n) is 3.54. The van der Waals surface area contributed by atoms with Gasteiger partial charge in [-0.15, -0.1) is 0 Å². The van der Waals surface area contributed by atoms with Crippen molar-refractivity contribution in [3.63, 3.8) is 0 Å². The second-order valence-electron chi connectivity index (χ2n) is 2.58. The maximum Gasteiger partial charge on any atom is 0.225 e. The van der Waals surface area contributed by atoms with E-state index in [-0.39, 0.29) is 0 Å². The van der Waals surface area contributed by atoms with Crippen LogP contribution in [0.25, 0.3) is 0 Å². The highest BCUT2D eigenvalue weighted by molar-refractivity contribution is 9.10. The van der Waals surface area contributed by atoms with Crippen LogP contribution in [0, 0.1) is 0 Å². The minimum atomic E-state index is 0.453. The van der Waals surface area contributed by atoms with Crippen molar-refractivity contribution in [2.75, 3.05) is 19.0 Å². The fraction of sp³-hybridized carbons (Fsp3) is 0.429. The normalized spacial score (nSPS) is 10.0. The van der Waals surface area contributed by atoms with Crippen molar-refractivity contribution >= 4 is 21.9 Å². The van der Waals surface area contributed by atoms with Crippen LogP contribution < -0.4 is 10.6 Å². The van der Waals surface area contributed by atoms with E-state index in [0.29, 0.717) is 12.5 Å². The Labute approximate surface area is 79.9 Å². The van der Waals surface area contributed by atoms with Gasteiger partial charge < -0.3 is 10.6 Å². The molecule has 4 nitrogen and oxygen atoms in total. The van der Waals surface area contributed by atoms with Gasteiger partial charge in [-0.2, -0.15) is 0 Å². The lowest BCUT2D eigenvalue weighted by Gasteiger charge is -2.10. The number of nitrogens with two attached hydrogens (primary N) is 1. The molecule has 0 saturated carbocycles. The average Bonchev–Trinajstić information content (AvgIpc) is 2.04. The number of nitrogens with zero attached hydrogens (tertiary/aromatic N) is 3. The Morgan fingerprint density at radius 1 is 1.58 bits per heavy atom. The van der Waals surface area contributed by atoms with Gasteiger partial charge in [0.15, 0.2) is 0 Å². The summed E-state index contributed by atoms with van der Waals surface area (Å²) in [6, 6.07) is 0. The highest BCUT2D eigenvalue weighted by Crippen LogP contribution is 2.14. The summed E-state index contributed by atoms with van der Waals surface area (Å²) in [6.07, 6.45) is 1.73. The molecular formula is C7H11BrN4. The Bertz CT molecular complexity index is 274. The molecule has 0 radical (unpaired) electrons. The largest absolute Gasteiger partial charge is 0.347 e. The SMILES string of the molecule is CN(C)c1ncc(CN)c(Br)n1. The van der Waals surface area contributed by atoms with E-state index in [1.165, 1.54) is 0 Å². The summed E-state index contributed by atoms with van der Waals surface area (Å²) < 4.78 is 0.767. The Kier molecular flexibility index (Phi) is 2.99. The first kappa shape index (κ1) is 9.41. The lowest BCUT2D eigenvalue weighted by Crippen LogP contribution is -2.13. The van der Waals surface area contributed by atoms with Crippen molar-refractivity contribution in [2.45, 2.75) is 6.54 Å². The van der Waals surface area contributed by atoms with Gasteiger partial charge in [-0.3, -0.25) is 0 Å². The van der Waals surface area contributed by atoms with Crippen LogP contribution in [0.15, 0.2) is 10.8 Å². The average molecular weight is 231 g/mol. The minimum absolute atomic E-state index is 0.453. The molecule has 0 saturated heterocycles. The van der Waals surface area contributed by atoms with Gasteiger partial charge in [0.1, 0.15) is 4.60 Å². The van der Waals surface area contributed by atoms with E-state index in [2.05, 4.69) is 25.9 Å². The van der Waals surface area contributed by atoms with E-state index >= 15 is 0 Å². The molecule has 0 atom stereocenters. The maximum atomic E-state index is 5.45. The smallest absolute Gasteiger partial charge is 0.225 e. The highest BCUT2D eigenvalue weighted by Gasteiger charge is 2.03. The van der Waals surface area contributed by atoms with Gasteiger partial charge in [-0.1, -0.05) is 0 Å². The molecule has 1 heterocycles. The Balaban J connectivity index is 3.02. The fourth-order valence-corrected chi connectivity index (χ4v) is 1.15. The van der Waals surface area contributed by atoms with Gasteiger partial charge in [0.05, 0.1) is 0 Å². The predicted molar refractivity (Wildman–Crippen MR) is 52.0 cm³/mol. The molecule has 0 amide bonds. The van der Waals surface area contributed by atoms with E-state index < -0.39 is 0 Å². The molecule has 0 aliphatic carbocycles. The van der Waals surface area contributed by atoms with Gasteiger partial charge in [-0.05, 0) is 15.9 Å².